The number of hydrogen-bond donors (Lipinski definition) is 0. The van der Waals surface area contributed by atoms with E-state index in [-0.39, 0.29) is 5.56 Å². The van der Waals surface area contributed by atoms with Gasteiger partial charge in [-0.2, -0.15) is 5.26 Å². The zero-order valence-corrected chi connectivity index (χ0v) is 11.7. The predicted molar refractivity (Wildman–Crippen MR) is 75.0 cm³/mol. The second-order valence-electron chi connectivity index (χ2n) is 3.86. The first-order valence-corrected chi connectivity index (χ1v) is 7.54. The summed E-state index contributed by atoms with van der Waals surface area (Å²) < 4.78 is 1.60. The third kappa shape index (κ3) is 2.74. The van der Waals surface area contributed by atoms with Crippen LogP contribution in [-0.4, -0.2) is 15.3 Å². The summed E-state index contributed by atoms with van der Waals surface area (Å²) in [7, 11) is 1.75. The van der Waals surface area contributed by atoms with Crippen LogP contribution in [0.1, 0.15) is 19.3 Å². The quantitative estimate of drug-likeness (QED) is 0.480. The van der Waals surface area contributed by atoms with Crippen molar-refractivity contribution in [2.45, 2.75) is 24.4 Å². The molecule has 0 aliphatic rings. The molecule has 2 heterocycles. The summed E-state index contributed by atoms with van der Waals surface area (Å²) in [6.45, 7) is 0. The van der Waals surface area contributed by atoms with E-state index in [1.165, 1.54) is 11.3 Å². The van der Waals surface area contributed by atoms with E-state index >= 15 is 0 Å². The van der Waals surface area contributed by atoms with Gasteiger partial charge in [-0.25, -0.2) is 4.98 Å². The SMILES string of the molecule is Cn1c(SCCCCC#N)nc2sccc2c1=O. The van der Waals surface area contributed by atoms with Gasteiger partial charge in [-0.3, -0.25) is 9.36 Å². The average molecular weight is 279 g/mol. The van der Waals surface area contributed by atoms with Crippen LogP contribution in [0.25, 0.3) is 10.2 Å². The lowest BCUT2D eigenvalue weighted by atomic mass is 10.3. The number of nitrogens with zero attached hydrogens (tertiary/aromatic N) is 3. The molecule has 0 spiro atoms. The maximum atomic E-state index is 12.0. The van der Waals surface area contributed by atoms with Gasteiger partial charge in [-0.1, -0.05) is 11.8 Å². The molecule has 0 atom stereocenters. The van der Waals surface area contributed by atoms with Crippen LogP contribution in [0.15, 0.2) is 21.4 Å². The first kappa shape index (κ1) is 13.1. The van der Waals surface area contributed by atoms with E-state index in [9.17, 15) is 4.79 Å². The highest BCUT2D eigenvalue weighted by molar-refractivity contribution is 7.99. The average Bonchev–Trinajstić information content (AvgIpc) is 2.83. The van der Waals surface area contributed by atoms with E-state index < -0.39 is 0 Å². The van der Waals surface area contributed by atoms with Crippen LogP contribution in [0.2, 0.25) is 0 Å². The van der Waals surface area contributed by atoms with Crippen molar-refractivity contribution in [1.82, 2.24) is 9.55 Å². The molecule has 0 aliphatic carbocycles. The van der Waals surface area contributed by atoms with E-state index in [0.717, 1.165) is 28.6 Å². The standard InChI is InChI=1S/C12H13N3OS2/c1-15-11(16)9-5-8-17-10(9)14-12(15)18-7-4-2-3-6-13/h5,8H,2-4,7H2,1H3. The van der Waals surface area contributed by atoms with Crippen molar-refractivity contribution in [3.8, 4) is 6.07 Å². The molecule has 0 saturated heterocycles. The number of fused-ring (bicyclic) bond motifs is 1. The number of hydrogen-bond acceptors (Lipinski definition) is 5. The Hall–Kier alpha value is -1.32. The minimum Gasteiger partial charge on any atom is -0.290 e. The van der Waals surface area contributed by atoms with Crippen LogP contribution >= 0.6 is 23.1 Å². The zero-order valence-electron chi connectivity index (χ0n) is 10.0. The van der Waals surface area contributed by atoms with Gasteiger partial charge in [0.25, 0.3) is 5.56 Å². The lowest BCUT2D eigenvalue weighted by Crippen LogP contribution is -2.19. The third-order valence-corrected chi connectivity index (χ3v) is 4.50. The molecule has 0 radical (unpaired) electrons. The highest BCUT2D eigenvalue weighted by Gasteiger charge is 2.09. The van der Waals surface area contributed by atoms with Gasteiger partial charge in [-0.05, 0) is 24.3 Å². The van der Waals surface area contributed by atoms with E-state index in [1.54, 1.807) is 23.4 Å². The summed E-state index contributed by atoms with van der Waals surface area (Å²) in [5, 5.41) is 11.8. The Morgan fingerprint density at radius 1 is 1.56 bits per heavy atom. The molecule has 0 unspecified atom stereocenters. The Bertz CT molecular complexity index is 639. The molecule has 6 heteroatoms. The molecular formula is C12H13N3OS2. The first-order valence-electron chi connectivity index (χ1n) is 5.68. The topological polar surface area (TPSA) is 58.7 Å². The fourth-order valence-electron chi connectivity index (χ4n) is 1.58. The molecule has 4 nitrogen and oxygen atoms in total. The maximum Gasteiger partial charge on any atom is 0.262 e. The summed E-state index contributed by atoms with van der Waals surface area (Å²) in [5.41, 5.74) is 0.0146. The van der Waals surface area contributed by atoms with Crippen LogP contribution in [0.5, 0.6) is 0 Å². The number of aromatic nitrogens is 2. The monoisotopic (exact) mass is 279 g/mol. The van der Waals surface area contributed by atoms with E-state index in [2.05, 4.69) is 11.1 Å². The zero-order chi connectivity index (χ0) is 13.0. The minimum atomic E-state index is 0.0146. The molecule has 2 aromatic heterocycles. The van der Waals surface area contributed by atoms with Crippen LogP contribution in [0.4, 0.5) is 0 Å². The highest BCUT2D eigenvalue weighted by Crippen LogP contribution is 2.21. The Morgan fingerprint density at radius 3 is 3.17 bits per heavy atom. The number of rotatable bonds is 5. The van der Waals surface area contributed by atoms with E-state index in [4.69, 9.17) is 5.26 Å². The van der Waals surface area contributed by atoms with Crippen molar-refractivity contribution in [1.29, 1.82) is 5.26 Å². The van der Waals surface area contributed by atoms with Crippen molar-refractivity contribution >= 4 is 33.3 Å². The molecule has 0 aromatic carbocycles. The molecule has 18 heavy (non-hydrogen) atoms. The normalized spacial score (nSPS) is 10.7. The van der Waals surface area contributed by atoms with Crippen LogP contribution in [-0.2, 0) is 7.05 Å². The highest BCUT2D eigenvalue weighted by atomic mass is 32.2. The van der Waals surface area contributed by atoms with Gasteiger partial charge in [0, 0.05) is 19.2 Å². The third-order valence-electron chi connectivity index (χ3n) is 2.58. The van der Waals surface area contributed by atoms with Crippen molar-refractivity contribution in [3.63, 3.8) is 0 Å². The Morgan fingerprint density at radius 2 is 2.39 bits per heavy atom. The van der Waals surface area contributed by atoms with Gasteiger partial charge < -0.3 is 0 Å². The smallest absolute Gasteiger partial charge is 0.262 e. The lowest BCUT2D eigenvalue weighted by Gasteiger charge is -2.06. The molecule has 0 amide bonds. The van der Waals surface area contributed by atoms with Gasteiger partial charge in [0.05, 0.1) is 11.5 Å². The molecule has 2 rings (SSSR count). The molecule has 0 aliphatic heterocycles. The summed E-state index contributed by atoms with van der Waals surface area (Å²) in [4.78, 5) is 17.3. The molecule has 0 N–H and O–H groups in total. The van der Waals surface area contributed by atoms with Gasteiger partial charge in [0.1, 0.15) is 4.83 Å². The number of unbranched alkanes of at least 4 members (excludes halogenated alkanes) is 2. The molecule has 94 valence electrons. The Kier molecular flexibility index (Phi) is 4.39. The maximum absolute atomic E-state index is 12.0. The van der Waals surface area contributed by atoms with Crippen LogP contribution < -0.4 is 5.56 Å². The summed E-state index contributed by atoms with van der Waals surface area (Å²) in [5.74, 6) is 0.888. The largest absolute Gasteiger partial charge is 0.290 e. The van der Waals surface area contributed by atoms with Gasteiger partial charge in [0.15, 0.2) is 5.16 Å². The van der Waals surface area contributed by atoms with Crippen LogP contribution in [0.3, 0.4) is 0 Å². The van der Waals surface area contributed by atoms with Crippen molar-refractivity contribution < 1.29 is 0 Å². The molecular weight excluding hydrogens is 266 g/mol. The van der Waals surface area contributed by atoms with Crippen molar-refractivity contribution in [2.75, 3.05) is 5.75 Å². The summed E-state index contributed by atoms with van der Waals surface area (Å²) >= 11 is 3.07. The molecule has 0 bridgehead atoms. The van der Waals surface area contributed by atoms with E-state index in [1.807, 2.05) is 11.4 Å². The Balaban J connectivity index is 2.11. The van der Waals surface area contributed by atoms with Gasteiger partial charge in [-0.15, -0.1) is 11.3 Å². The second-order valence-corrected chi connectivity index (χ2v) is 5.82. The minimum absolute atomic E-state index is 0.0146. The van der Waals surface area contributed by atoms with Gasteiger partial charge in [0.2, 0.25) is 0 Å². The van der Waals surface area contributed by atoms with Crippen molar-refractivity contribution in [2.24, 2.45) is 7.05 Å². The summed E-state index contributed by atoms with van der Waals surface area (Å²) in [6.07, 6.45) is 2.46. The predicted octanol–water partition coefficient (Wildman–Crippen LogP) is 2.78. The van der Waals surface area contributed by atoms with E-state index in [0.29, 0.717) is 11.8 Å². The first-order chi connectivity index (χ1) is 8.74. The van der Waals surface area contributed by atoms with Gasteiger partial charge >= 0.3 is 0 Å². The lowest BCUT2D eigenvalue weighted by molar-refractivity contribution is 0.725. The number of nitriles is 1. The number of thiophene rings is 1. The second kappa shape index (κ2) is 6.03. The van der Waals surface area contributed by atoms with Crippen molar-refractivity contribution in [3.05, 3.63) is 21.8 Å². The Labute approximate surface area is 113 Å². The molecule has 0 saturated carbocycles. The van der Waals surface area contributed by atoms with Crippen LogP contribution in [0, 0.1) is 11.3 Å². The fraction of sp³-hybridized carbons (Fsp3) is 0.417. The summed E-state index contributed by atoms with van der Waals surface area (Å²) in [6, 6.07) is 3.95. The molecule has 2 aromatic rings. The fourth-order valence-corrected chi connectivity index (χ4v) is 3.35. The number of thioether (sulfide) groups is 1. The molecule has 0 fully saturated rings.